The number of para-hydroxylation sites is 1. The van der Waals surface area contributed by atoms with Crippen molar-refractivity contribution in [1.82, 2.24) is 14.8 Å². The summed E-state index contributed by atoms with van der Waals surface area (Å²) in [5.41, 5.74) is 7.96. The van der Waals surface area contributed by atoms with Crippen molar-refractivity contribution in [1.29, 1.82) is 0 Å². The lowest BCUT2D eigenvalue weighted by atomic mass is 10.2. The highest BCUT2D eigenvalue weighted by molar-refractivity contribution is 5.92. The van der Waals surface area contributed by atoms with E-state index in [1.165, 1.54) is 0 Å². The molecular weight excluding hydrogens is 416 g/mol. The predicted molar refractivity (Wildman–Crippen MR) is 127 cm³/mol. The number of pyridine rings is 1. The molecule has 0 atom stereocenters. The fraction of sp³-hybridized carbons (Fsp3) is 0.0769. The lowest BCUT2D eigenvalue weighted by Gasteiger charge is -2.09. The van der Waals surface area contributed by atoms with Gasteiger partial charge in [0.25, 0.3) is 0 Å². The molecule has 0 aliphatic heterocycles. The summed E-state index contributed by atoms with van der Waals surface area (Å²) < 4.78 is 19.0. The highest BCUT2D eigenvalue weighted by Crippen LogP contribution is 2.34. The van der Waals surface area contributed by atoms with Crippen LogP contribution in [0.25, 0.3) is 11.0 Å². The van der Waals surface area contributed by atoms with Crippen LogP contribution in [0.15, 0.2) is 91.1 Å². The Morgan fingerprint density at radius 1 is 0.758 bits per heavy atom. The highest BCUT2D eigenvalue weighted by Gasteiger charge is 2.15. The van der Waals surface area contributed by atoms with Gasteiger partial charge in [0.05, 0.1) is 13.7 Å². The van der Waals surface area contributed by atoms with Crippen molar-refractivity contribution in [3.05, 3.63) is 96.7 Å². The Kier molecular flexibility index (Phi) is 5.51. The molecule has 0 fully saturated rings. The Bertz CT molecular complexity index is 1370. The first kappa shape index (κ1) is 20.4. The maximum atomic E-state index is 6.25. The van der Waals surface area contributed by atoms with E-state index in [2.05, 4.69) is 10.1 Å². The molecular formula is C26H22N4O3. The molecule has 7 heteroatoms. The van der Waals surface area contributed by atoms with E-state index in [1.54, 1.807) is 24.1 Å². The van der Waals surface area contributed by atoms with E-state index in [-0.39, 0.29) is 0 Å². The minimum Gasteiger partial charge on any atom is -0.497 e. The molecule has 0 amide bonds. The van der Waals surface area contributed by atoms with Crippen LogP contribution in [0.3, 0.4) is 0 Å². The van der Waals surface area contributed by atoms with Crippen LogP contribution >= 0.6 is 0 Å². The molecule has 0 spiro atoms. The van der Waals surface area contributed by atoms with E-state index in [9.17, 15) is 0 Å². The molecule has 7 nitrogen and oxygen atoms in total. The second-order valence-corrected chi connectivity index (χ2v) is 7.39. The Balaban J connectivity index is 1.37. The van der Waals surface area contributed by atoms with Crippen LogP contribution in [0.2, 0.25) is 0 Å². The van der Waals surface area contributed by atoms with E-state index < -0.39 is 0 Å². The van der Waals surface area contributed by atoms with Crippen LogP contribution in [-0.4, -0.2) is 21.9 Å². The summed E-state index contributed by atoms with van der Waals surface area (Å²) in [6, 6.07) is 26.6. The fourth-order valence-electron chi connectivity index (χ4n) is 3.52. The number of benzene rings is 3. The highest BCUT2D eigenvalue weighted by atomic mass is 16.5. The first-order chi connectivity index (χ1) is 16.2. The Morgan fingerprint density at radius 2 is 1.39 bits per heavy atom. The molecule has 164 valence electrons. The van der Waals surface area contributed by atoms with Gasteiger partial charge in [-0.3, -0.25) is 0 Å². The number of nitrogens with zero attached hydrogens (tertiary/aromatic N) is 3. The first-order valence-electron chi connectivity index (χ1n) is 10.4. The summed E-state index contributed by atoms with van der Waals surface area (Å²) in [5, 5.41) is 5.17. The molecule has 0 saturated heterocycles. The van der Waals surface area contributed by atoms with Crippen LogP contribution in [0.4, 0.5) is 5.82 Å². The van der Waals surface area contributed by atoms with Crippen molar-refractivity contribution in [3.63, 3.8) is 0 Å². The van der Waals surface area contributed by atoms with Gasteiger partial charge in [-0.25, -0.2) is 9.67 Å². The molecule has 3 aromatic carbocycles. The zero-order chi connectivity index (χ0) is 22.6. The van der Waals surface area contributed by atoms with Gasteiger partial charge >= 0.3 is 0 Å². The molecule has 0 unspecified atom stereocenters. The van der Waals surface area contributed by atoms with Crippen molar-refractivity contribution in [2.75, 3.05) is 12.8 Å². The number of methoxy groups -OCH3 is 1. The Morgan fingerprint density at radius 3 is 2.09 bits per heavy atom. The molecule has 2 N–H and O–H groups in total. The average molecular weight is 438 g/mol. The van der Waals surface area contributed by atoms with E-state index in [0.717, 1.165) is 22.8 Å². The molecule has 0 aliphatic rings. The zero-order valence-corrected chi connectivity index (χ0v) is 18.0. The smallest absolute Gasteiger partial charge is 0.164 e. The molecule has 5 rings (SSSR count). The minimum absolute atomic E-state index is 0.366. The van der Waals surface area contributed by atoms with Gasteiger partial charge in [-0.2, -0.15) is 5.10 Å². The number of nitrogens with two attached hydrogens (primary N) is 1. The number of anilines is 1. The molecule has 33 heavy (non-hydrogen) atoms. The lowest BCUT2D eigenvalue weighted by molar-refractivity contribution is 0.414. The molecule has 0 aliphatic carbocycles. The van der Waals surface area contributed by atoms with E-state index >= 15 is 0 Å². The van der Waals surface area contributed by atoms with Gasteiger partial charge in [0.15, 0.2) is 11.5 Å². The standard InChI is InChI=1S/C26H22N4O3/c1-31-19-9-7-18(8-10-19)17-30-26-24(25(27)29-30)23(15-16-28-26)33-22-13-11-21(12-14-22)32-20-5-3-2-4-6-20/h2-16H,17H2,1H3,(H2,27,29). The van der Waals surface area contributed by atoms with E-state index in [0.29, 0.717) is 34.9 Å². The quantitative estimate of drug-likeness (QED) is 0.353. The summed E-state index contributed by atoms with van der Waals surface area (Å²) in [7, 11) is 1.64. The second-order valence-electron chi connectivity index (χ2n) is 7.39. The van der Waals surface area contributed by atoms with Crippen molar-refractivity contribution in [2.45, 2.75) is 6.54 Å². The summed E-state index contributed by atoms with van der Waals surface area (Å²) >= 11 is 0. The minimum atomic E-state index is 0.366. The van der Waals surface area contributed by atoms with Crippen LogP contribution < -0.4 is 19.9 Å². The zero-order valence-electron chi connectivity index (χ0n) is 18.0. The number of aromatic nitrogens is 3. The molecule has 0 radical (unpaired) electrons. The van der Waals surface area contributed by atoms with Gasteiger partial charge in [-0.15, -0.1) is 0 Å². The average Bonchev–Trinajstić information content (AvgIpc) is 3.17. The van der Waals surface area contributed by atoms with Crippen LogP contribution in [0.5, 0.6) is 28.7 Å². The summed E-state index contributed by atoms with van der Waals surface area (Å²) in [5.74, 6) is 3.92. The van der Waals surface area contributed by atoms with Crippen molar-refractivity contribution in [3.8, 4) is 28.7 Å². The van der Waals surface area contributed by atoms with E-state index in [4.69, 9.17) is 19.9 Å². The number of hydrogen-bond donors (Lipinski definition) is 1. The SMILES string of the molecule is COc1ccc(Cn2nc(N)c3c(Oc4ccc(Oc5ccccc5)cc4)ccnc32)cc1. The third-order valence-electron chi connectivity index (χ3n) is 5.14. The summed E-state index contributed by atoms with van der Waals surface area (Å²) in [6.45, 7) is 0.527. The third-order valence-corrected chi connectivity index (χ3v) is 5.14. The van der Waals surface area contributed by atoms with Gasteiger partial charge in [0.1, 0.15) is 34.1 Å². The monoisotopic (exact) mass is 438 g/mol. The fourth-order valence-corrected chi connectivity index (χ4v) is 3.52. The molecule has 0 bridgehead atoms. The van der Waals surface area contributed by atoms with Gasteiger partial charge in [-0.1, -0.05) is 30.3 Å². The number of ether oxygens (including phenoxy) is 3. The van der Waals surface area contributed by atoms with Gasteiger partial charge < -0.3 is 19.9 Å². The molecule has 2 aromatic heterocycles. The number of hydrogen-bond acceptors (Lipinski definition) is 6. The van der Waals surface area contributed by atoms with Crippen molar-refractivity contribution in [2.24, 2.45) is 0 Å². The number of nitrogen functional groups attached to an aromatic ring is 1. The largest absolute Gasteiger partial charge is 0.497 e. The van der Waals surface area contributed by atoms with Gasteiger partial charge in [0.2, 0.25) is 0 Å². The Labute approximate surface area is 191 Å². The second kappa shape index (κ2) is 8.92. The lowest BCUT2D eigenvalue weighted by Crippen LogP contribution is -2.03. The van der Waals surface area contributed by atoms with Crippen LogP contribution in [0, 0.1) is 0 Å². The number of rotatable bonds is 7. The predicted octanol–water partition coefficient (Wildman–Crippen LogP) is 5.66. The summed E-state index contributed by atoms with van der Waals surface area (Å²) in [4.78, 5) is 4.49. The first-order valence-corrected chi connectivity index (χ1v) is 10.4. The van der Waals surface area contributed by atoms with Crippen LogP contribution in [-0.2, 0) is 6.54 Å². The summed E-state index contributed by atoms with van der Waals surface area (Å²) in [6.07, 6.45) is 1.69. The normalized spacial score (nSPS) is 10.8. The van der Waals surface area contributed by atoms with Crippen LogP contribution in [0.1, 0.15) is 5.56 Å². The molecule has 5 aromatic rings. The maximum Gasteiger partial charge on any atom is 0.164 e. The van der Waals surface area contributed by atoms with Crippen molar-refractivity contribution >= 4 is 16.9 Å². The molecule has 2 heterocycles. The van der Waals surface area contributed by atoms with Gasteiger partial charge in [0, 0.05) is 12.3 Å². The molecule has 0 saturated carbocycles. The third kappa shape index (κ3) is 4.43. The topological polar surface area (TPSA) is 84.4 Å². The Hall–Kier alpha value is -4.52. The number of fused-ring (bicyclic) bond motifs is 1. The van der Waals surface area contributed by atoms with Crippen molar-refractivity contribution < 1.29 is 14.2 Å². The van der Waals surface area contributed by atoms with E-state index in [1.807, 2.05) is 78.9 Å². The maximum absolute atomic E-state index is 6.25. The van der Waals surface area contributed by atoms with Gasteiger partial charge in [-0.05, 0) is 54.1 Å².